The summed E-state index contributed by atoms with van der Waals surface area (Å²) >= 11 is 0. The van der Waals surface area contributed by atoms with Crippen molar-refractivity contribution in [1.82, 2.24) is 5.32 Å². The molecule has 0 fully saturated rings. The topological polar surface area (TPSA) is 79.5 Å². The van der Waals surface area contributed by atoms with Crippen LogP contribution < -0.4 is 10.9 Å². The zero-order valence-corrected chi connectivity index (χ0v) is 14.8. The van der Waals surface area contributed by atoms with Gasteiger partial charge in [0.05, 0.1) is 0 Å². The van der Waals surface area contributed by atoms with Crippen molar-refractivity contribution in [2.75, 3.05) is 0 Å². The fourth-order valence-electron chi connectivity index (χ4n) is 2.99. The molecule has 134 valence electrons. The number of carbonyl (C=O) groups excluding carboxylic acids is 1. The van der Waals surface area contributed by atoms with Crippen LogP contribution in [0.3, 0.4) is 0 Å². The quantitative estimate of drug-likeness (QED) is 0.691. The van der Waals surface area contributed by atoms with E-state index in [-0.39, 0.29) is 18.1 Å². The Morgan fingerprint density at radius 2 is 1.81 bits per heavy atom. The predicted molar refractivity (Wildman–Crippen MR) is 100 cm³/mol. The number of phenolic OH excluding ortho intramolecular Hbond substituents is 1. The predicted octanol–water partition coefficient (Wildman–Crippen LogP) is 3.36. The third kappa shape index (κ3) is 3.61. The molecule has 0 aliphatic heterocycles. The molecule has 2 aromatic carbocycles. The van der Waals surface area contributed by atoms with E-state index in [1.807, 2.05) is 37.3 Å². The van der Waals surface area contributed by atoms with Gasteiger partial charge < -0.3 is 14.8 Å². The monoisotopic (exact) mass is 351 g/mol. The zero-order valence-electron chi connectivity index (χ0n) is 14.8. The summed E-state index contributed by atoms with van der Waals surface area (Å²) in [5.41, 5.74) is 2.78. The van der Waals surface area contributed by atoms with E-state index in [9.17, 15) is 14.7 Å². The maximum absolute atomic E-state index is 12.3. The third-order valence-corrected chi connectivity index (χ3v) is 4.61. The second-order valence-corrected chi connectivity index (χ2v) is 6.34. The Morgan fingerprint density at radius 3 is 2.54 bits per heavy atom. The number of aromatic hydroxyl groups is 1. The molecule has 3 aromatic rings. The van der Waals surface area contributed by atoms with Gasteiger partial charge in [0.1, 0.15) is 11.3 Å². The van der Waals surface area contributed by atoms with Gasteiger partial charge in [0, 0.05) is 29.5 Å². The molecule has 0 radical (unpaired) electrons. The molecule has 0 saturated heterocycles. The molecular weight excluding hydrogens is 330 g/mol. The second kappa shape index (κ2) is 7.44. The molecule has 0 atom stereocenters. The van der Waals surface area contributed by atoms with Gasteiger partial charge in [-0.2, -0.15) is 0 Å². The van der Waals surface area contributed by atoms with E-state index in [0.29, 0.717) is 29.7 Å². The Balaban J connectivity index is 1.74. The van der Waals surface area contributed by atoms with E-state index in [4.69, 9.17) is 4.42 Å². The summed E-state index contributed by atoms with van der Waals surface area (Å²) in [7, 11) is 0. The van der Waals surface area contributed by atoms with E-state index in [1.54, 1.807) is 19.1 Å². The van der Waals surface area contributed by atoms with Crippen LogP contribution >= 0.6 is 0 Å². The van der Waals surface area contributed by atoms with Crippen LogP contribution in [0.25, 0.3) is 11.0 Å². The van der Waals surface area contributed by atoms with Gasteiger partial charge in [0.15, 0.2) is 0 Å². The Labute approximate surface area is 151 Å². The number of fused-ring (bicyclic) bond motifs is 1. The van der Waals surface area contributed by atoms with Crippen molar-refractivity contribution in [3.8, 4) is 5.75 Å². The van der Waals surface area contributed by atoms with Crippen LogP contribution in [-0.2, 0) is 17.8 Å². The lowest BCUT2D eigenvalue weighted by atomic mass is 10.0. The van der Waals surface area contributed by atoms with Crippen LogP contribution in [0, 0.1) is 13.8 Å². The van der Waals surface area contributed by atoms with E-state index in [1.165, 1.54) is 0 Å². The number of phenols is 1. The van der Waals surface area contributed by atoms with Gasteiger partial charge in [0.2, 0.25) is 5.91 Å². The Kier molecular flexibility index (Phi) is 5.07. The minimum absolute atomic E-state index is 0.0908. The molecule has 0 bridgehead atoms. The molecule has 1 aromatic heterocycles. The molecule has 0 spiro atoms. The SMILES string of the molecule is Cc1c(CCC(=O)NCc2ccccc2)c(=O)oc2c(C)c(O)ccc12. The first kappa shape index (κ1) is 17.7. The fourth-order valence-corrected chi connectivity index (χ4v) is 2.99. The summed E-state index contributed by atoms with van der Waals surface area (Å²) < 4.78 is 5.40. The summed E-state index contributed by atoms with van der Waals surface area (Å²) in [6.45, 7) is 4.01. The Hall–Kier alpha value is -3.08. The summed E-state index contributed by atoms with van der Waals surface area (Å²) in [5.74, 6) is -0.0253. The first-order valence-electron chi connectivity index (χ1n) is 8.53. The number of carbonyl (C=O) groups is 1. The standard InChI is InChI=1S/C21H21NO4/c1-13-16-8-10-18(23)14(2)20(16)26-21(25)17(13)9-11-19(24)22-12-15-6-4-3-5-7-15/h3-8,10,23H,9,11-12H2,1-2H3,(H,22,24). The number of hydrogen-bond donors (Lipinski definition) is 2. The van der Waals surface area contributed by atoms with Gasteiger partial charge in [0.25, 0.3) is 0 Å². The van der Waals surface area contributed by atoms with Gasteiger partial charge in [-0.15, -0.1) is 0 Å². The van der Waals surface area contributed by atoms with Crippen molar-refractivity contribution in [3.05, 3.63) is 75.1 Å². The van der Waals surface area contributed by atoms with Gasteiger partial charge in [-0.05, 0) is 43.5 Å². The third-order valence-electron chi connectivity index (χ3n) is 4.61. The Morgan fingerprint density at radius 1 is 1.08 bits per heavy atom. The van der Waals surface area contributed by atoms with Crippen molar-refractivity contribution in [1.29, 1.82) is 0 Å². The van der Waals surface area contributed by atoms with Crippen molar-refractivity contribution in [2.24, 2.45) is 0 Å². The molecule has 26 heavy (non-hydrogen) atoms. The van der Waals surface area contributed by atoms with Crippen LogP contribution in [0.15, 0.2) is 51.7 Å². The first-order valence-corrected chi connectivity index (χ1v) is 8.53. The lowest BCUT2D eigenvalue weighted by Crippen LogP contribution is -2.24. The highest BCUT2D eigenvalue weighted by atomic mass is 16.4. The van der Waals surface area contributed by atoms with Crippen molar-refractivity contribution in [3.63, 3.8) is 0 Å². The number of aryl methyl sites for hydroxylation is 2. The molecule has 1 heterocycles. The molecule has 1 amide bonds. The molecule has 0 aliphatic carbocycles. The summed E-state index contributed by atoms with van der Waals surface area (Å²) in [4.78, 5) is 24.4. The molecule has 0 saturated carbocycles. The van der Waals surface area contributed by atoms with Crippen LogP contribution in [0.5, 0.6) is 5.75 Å². The van der Waals surface area contributed by atoms with Crippen LogP contribution in [-0.4, -0.2) is 11.0 Å². The van der Waals surface area contributed by atoms with Crippen LogP contribution in [0.2, 0.25) is 0 Å². The van der Waals surface area contributed by atoms with Crippen molar-refractivity contribution >= 4 is 16.9 Å². The average molecular weight is 351 g/mol. The number of rotatable bonds is 5. The molecule has 5 nitrogen and oxygen atoms in total. The fraction of sp³-hybridized carbons (Fsp3) is 0.238. The van der Waals surface area contributed by atoms with Gasteiger partial charge in [-0.1, -0.05) is 30.3 Å². The lowest BCUT2D eigenvalue weighted by Gasteiger charge is -2.10. The summed E-state index contributed by atoms with van der Waals surface area (Å²) in [5, 5.41) is 13.4. The van der Waals surface area contributed by atoms with E-state index in [2.05, 4.69) is 5.32 Å². The summed E-state index contributed by atoms with van der Waals surface area (Å²) in [6.07, 6.45) is 0.520. The first-order chi connectivity index (χ1) is 12.5. The van der Waals surface area contributed by atoms with Gasteiger partial charge >= 0.3 is 5.63 Å². The maximum atomic E-state index is 12.3. The highest BCUT2D eigenvalue weighted by Gasteiger charge is 2.15. The van der Waals surface area contributed by atoms with Crippen molar-refractivity contribution < 1.29 is 14.3 Å². The van der Waals surface area contributed by atoms with Gasteiger partial charge in [-0.3, -0.25) is 4.79 Å². The maximum Gasteiger partial charge on any atom is 0.339 e. The number of amides is 1. The van der Waals surface area contributed by atoms with Crippen LogP contribution in [0.1, 0.15) is 28.7 Å². The van der Waals surface area contributed by atoms with Crippen molar-refractivity contribution in [2.45, 2.75) is 33.2 Å². The van der Waals surface area contributed by atoms with E-state index < -0.39 is 5.63 Å². The van der Waals surface area contributed by atoms with E-state index in [0.717, 1.165) is 16.5 Å². The molecule has 2 N–H and O–H groups in total. The molecule has 0 aliphatic rings. The summed E-state index contributed by atoms with van der Waals surface area (Å²) in [6, 6.07) is 13.0. The van der Waals surface area contributed by atoms with Gasteiger partial charge in [-0.25, -0.2) is 4.79 Å². The second-order valence-electron chi connectivity index (χ2n) is 6.34. The molecule has 5 heteroatoms. The number of benzene rings is 2. The Bertz CT molecular complexity index is 1010. The minimum Gasteiger partial charge on any atom is -0.508 e. The lowest BCUT2D eigenvalue weighted by molar-refractivity contribution is -0.121. The molecular formula is C21H21NO4. The normalized spacial score (nSPS) is 10.8. The highest BCUT2D eigenvalue weighted by Crippen LogP contribution is 2.28. The molecule has 3 rings (SSSR count). The molecule has 0 unspecified atom stereocenters. The van der Waals surface area contributed by atoms with Crippen LogP contribution in [0.4, 0.5) is 0 Å². The highest BCUT2D eigenvalue weighted by molar-refractivity contribution is 5.85. The zero-order chi connectivity index (χ0) is 18.7. The van der Waals surface area contributed by atoms with E-state index >= 15 is 0 Å². The largest absolute Gasteiger partial charge is 0.508 e. The number of hydrogen-bond acceptors (Lipinski definition) is 4. The average Bonchev–Trinajstić information content (AvgIpc) is 2.64. The smallest absolute Gasteiger partial charge is 0.339 e. The number of nitrogens with one attached hydrogen (secondary N) is 1. The minimum atomic E-state index is -0.459.